The van der Waals surface area contributed by atoms with Gasteiger partial charge in [-0.15, -0.1) is 0 Å². The van der Waals surface area contributed by atoms with Crippen molar-refractivity contribution in [1.82, 2.24) is 0 Å². The molecule has 1 aromatic carbocycles. The summed E-state index contributed by atoms with van der Waals surface area (Å²) in [6.45, 7) is 4.00. The van der Waals surface area contributed by atoms with Gasteiger partial charge in [0, 0.05) is 5.02 Å². The molecule has 0 saturated heterocycles. The molecule has 0 radical (unpaired) electrons. The summed E-state index contributed by atoms with van der Waals surface area (Å²) in [6, 6.07) is 7.52. The summed E-state index contributed by atoms with van der Waals surface area (Å²) in [6.07, 6.45) is 1.43. The van der Waals surface area contributed by atoms with Gasteiger partial charge >= 0.3 is 0 Å². The summed E-state index contributed by atoms with van der Waals surface area (Å²) in [7, 11) is 0. The van der Waals surface area contributed by atoms with E-state index in [0.29, 0.717) is 6.61 Å². The topological polar surface area (TPSA) is 9.23 Å². The molecule has 1 aromatic rings. The van der Waals surface area contributed by atoms with E-state index in [0.717, 1.165) is 10.6 Å². The second kappa shape index (κ2) is 4.04. The lowest BCUT2D eigenvalue weighted by Crippen LogP contribution is -1.84. The maximum Gasteiger partial charge on any atom is 0.112 e. The van der Waals surface area contributed by atoms with Crippen molar-refractivity contribution in [3.8, 4) is 0 Å². The van der Waals surface area contributed by atoms with Crippen LogP contribution in [0.1, 0.15) is 5.56 Å². The molecule has 0 aliphatic carbocycles. The Balaban J connectivity index is 2.58. The zero-order chi connectivity index (χ0) is 8.10. The van der Waals surface area contributed by atoms with Gasteiger partial charge in [-0.2, -0.15) is 0 Å². The summed E-state index contributed by atoms with van der Waals surface area (Å²) < 4.78 is 4.98. The predicted molar refractivity (Wildman–Crippen MR) is 46.4 cm³/mol. The van der Waals surface area contributed by atoms with Crippen molar-refractivity contribution < 1.29 is 4.74 Å². The highest BCUT2D eigenvalue weighted by Gasteiger charge is 1.90. The average Bonchev–Trinajstić information content (AvgIpc) is 2.04. The number of rotatable bonds is 3. The first-order valence-electron chi connectivity index (χ1n) is 3.30. The number of hydrogen-bond donors (Lipinski definition) is 0. The Morgan fingerprint density at radius 1 is 1.36 bits per heavy atom. The minimum atomic E-state index is 0.556. The molecule has 0 atom stereocenters. The van der Waals surface area contributed by atoms with E-state index in [1.165, 1.54) is 6.26 Å². The van der Waals surface area contributed by atoms with E-state index in [2.05, 4.69) is 6.58 Å². The normalized spacial score (nSPS) is 9.18. The van der Waals surface area contributed by atoms with Crippen LogP contribution in [0.4, 0.5) is 0 Å². The molecule has 0 fully saturated rings. The summed E-state index contributed by atoms with van der Waals surface area (Å²) in [4.78, 5) is 0. The van der Waals surface area contributed by atoms with Crippen LogP contribution in [0, 0.1) is 0 Å². The number of hydrogen-bond acceptors (Lipinski definition) is 1. The molecule has 0 saturated carbocycles. The first-order chi connectivity index (χ1) is 5.33. The molecule has 0 aromatic heterocycles. The minimum absolute atomic E-state index is 0.556. The molecular weight excluding hydrogens is 160 g/mol. The Hall–Kier alpha value is -0.950. The fourth-order valence-corrected chi connectivity index (χ4v) is 0.862. The molecule has 0 N–H and O–H groups in total. The Bertz CT molecular complexity index is 228. The van der Waals surface area contributed by atoms with E-state index >= 15 is 0 Å². The van der Waals surface area contributed by atoms with Crippen molar-refractivity contribution in [1.29, 1.82) is 0 Å². The first kappa shape index (κ1) is 8.15. The summed E-state index contributed by atoms with van der Waals surface area (Å²) in [5, 5.41) is 0.743. The molecular formula is C9H9ClO. The number of benzene rings is 1. The Morgan fingerprint density at radius 3 is 2.55 bits per heavy atom. The Labute approximate surface area is 71.3 Å². The summed E-state index contributed by atoms with van der Waals surface area (Å²) in [5.74, 6) is 0. The van der Waals surface area contributed by atoms with Gasteiger partial charge < -0.3 is 4.74 Å². The van der Waals surface area contributed by atoms with Crippen LogP contribution in [0.15, 0.2) is 37.1 Å². The molecule has 2 heteroatoms. The number of halogens is 1. The predicted octanol–water partition coefficient (Wildman–Crippen LogP) is 3.00. The second-order valence-electron chi connectivity index (χ2n) is 2.10. The van der Waals surface area contributed by atoms with Gasteiger partial charge in [0.1, 0.15) is 6.61 Å². The van der Waals surface area contributed by atoms with E-state index < -0.39 is 0 Å². The molecule has 0 bridgehead atoms. The van der Waals surface area contributed by atoms with Crippen molar-refractivity contribution in [2.24, 2.45) is 0 Å². The lowest BCUT2D eigenvalue weighted by Gasteiger charge is -1.99. The molecule has 0 aliphatic rings. The van der Waals surface area contributed by atoms with Crippen LogP contribution in [-0.2, 0) is 11.3 Å². The minimum Gasteiger partial charge on any atom is -0.497 e. The van der Waals surface area contributed by atoms with Crippen molar-refractivity contribution in [2.45, 2.75) is 6.61 Å². The van der Waals surface area contributed by atoms with Gasteiger partial charge in [-0.1, -0.05) is 30.3 Å². The monoisotopic (exact) mass is 168 g/mol. The van der Waals surface area contributed by atoms with Crippen LogP contribution in [0.2, 0.25) is 5.02 Å². The summed E-state index contributed by atoms with van der Waals surface area (Å²) >= 11 is 5.68. The van der Waals surface area contributed by atoms with Crippen molar-refractivity contribution in [2.75, 3.05) is 0 Å². The van der Waals surface area contributed by atoms with Gasteiger partial charge in [0.25, 0.3) is 0 Å². The third-order valence-electron chi connectivity index (χ3n) is 1.28. The van der Waals surface area contributed by atoms with Gasteiger partial charge in [0.15, 0.2) is 0 Å². The molecule has 0 aliphatic heterocycles. The fourth-order valence-electron chi connectivity index (χ4n) is 0.736. The maximum absolute atomic E-state index is 5.68. The Kier molecular flexibility index (Phi) is 2.99. The quantitative estimate of drug-likeness (QED) is 0.631. The van der Waals surface area contributed by atoms with Crippen molar-refractivity contribution in [3.05, 3.63) is 47.7 Å². The smallest absolute Gasteiger partial charge is 0.112 e. The van der Waals surface area contributed by atoms with Gasteiger partial charge in [0.05, 0.1) is 6.26 Å². The molecule has 1 nitrogen and oxygen atoms in total. The highest BCUT2D eigenvalue weighted by Crippen LogP contribution is 2.09. The van der Waals surface area contributed by atoms with Crippen LogP contribution < -0.4 is 0 Å². The lowest BCUT2D eigenvalue weighted by molar-refractivity contribution is 0.237. The molecule has 11 heavy (non-hydrogen) atoms. The molecule has 58 valence electrons. The highest BCUT2D eigenvalue weighted by molar-refractivity contribution is 6.30. The largest absolute Gasteiger partial charge is 0.497 e. The molecule has 0 amide bonds. The van der Waals surface area contributed by atoms with Gasteiger partial charge in [-0.3, -0.25) is 0 Å². The summed E-state index contributed by atoms with van der Waals surface area (Å²) in [5.41, 5.74) is 1.09. The molecule has 0 spiro atoms. The van der Waals surface area contributed by atoms with E-state index in [1.807, 2.05) is 24.3 Å². The van der Waals surface area contributed by atoms with Crippen LogP contribution in [-0.4, -0.2) is 0 Å². The van der Waals surface area contributed by atoms with E-state index in [-0.39, 0.29) is 0 Å². The first-order valence-corrected chi connectivity index (χ1v) is 3.67. The fraction of sp³-hybridized carbons (Fsp3) is 0.111. The SMILES string of the molecule is C=COCc1ccc(Cl)cc1. The van der Waals surface area contributed by atoms with E-state index in [1.54, 1.807) is 0 Å². The van der Waals surface area contributed by atoms with Crippen LogP contribution in [0.3, 0.4) is 0 Å². The van der Waals surface area contributed by atoms with Crippen molar-refractivity contribution >= 4 is 11.6 Å². The van der Waals surface area contributed by atoms with Gasteiger partial charge in [-0.05, 0) is 17.7 Å². The molecule has 0 unspecified atom stereocenters. The van der Waals surface area contributed by atoms with Crippen LogP contribution in [0.25, 0.3) is 0 Å². The number of ether oxygens (including phenoxy) is 1. The average molecular weight is 169 g/mol. The highest BCUT2D eigenvalue weighted by atomic mass is 35.5. The zero-order valence-corrected chi connectivity index (χ0v) is 6.84. The third-order valence-corrected chi connectivity index (χ3v) is 1.53. The standard InChI is InChI=1S/C9H9ClO/c1-2-11-7-8-3-5-9(10)6-4-8/h2-6H,1,7H2. The lowest BCUT2D eigenvalue weighted by atomic mass is 10.2. The Morgan fingerprint density at radius 2 is 2.00 bits per heavy atom. The maximum atomic E-state index is 5.68. The van der Waals surface area contributed by atoms with Crippen LogP contribution >= 0.6 is 11.6 Å². The van der Waals surface area contributed by atoms with Crippen LogP contribution in [0.5, 0.6) is 0 Å². The third kappa shape index (κ3) is 2.64. The molecule has 1 rings (SSSR count). The zero-order valence-electron chi connectivity index (χ0n) is 6.09. The molecule has 0 heterocycles. The van der Waals surface area contributed by atoms with Gasteiger partial charge in [0.2, 0.25) is 0 Å². The second-order valence-corrected chi connectivity index (χ2v) is 2.54. The van der Waals surface area contributed by atoms with E-state index in [4.69, 9.17) is 16.3 Å². The van der Waals surface area contributed by atoms with Gasteiger partial charge in [-0.25, -0.2) is 0 Å². The van der Waals surface area contributed by atoms with E-state index in [9.17, 15) is 0 Å². The van der Waals surface area contributed by atoms with Crippen molar-refractivity contribution in [3.63, 3.8) is 0 Å².